The molecule has 0 bridgehead atoms. The molecule has 1 aliphatic heterocycles. The van der Waals surface area contributed by atoms with Gasteiger partial charge in [0, 0.05) is 24.6 Å². The first-order valence-corrected chi connectivity index (χ1v) is 8.33. The van der Waals surface area contributed by atoms with E-state index in [-0.39, 0.29) is 11.8 Å². The van der Waals surface area contributed by atoms with Crippen molar-refractivity contribution in [2.24, 2.45) is 11.7 Å². The number of rotatable bonds is 3. The van der Waals surface area contributed by atoms with Crippen molar-refractivity contribution < 1.29 is 9.59 Å². The van der Waals surface area contributed by atoms with Crippen molar-refractivity contribution in [1.29, 1.82) is 0 Å². The van der Waals surface area contributed by atoms with Crippen LogP contribution in [-0.4, -0.2) is 29.8 Å². The van der Waals surface area contributed by atoms with Gasteiger partial charge in [-0.15, -0.1) is 0 Å². The second kappa shape index (κ2) is 6.51. The summed E-state index contributed by atoms with van der Waals surface area (Å²) in [6.45, 7) is 1.90. The van der Waals surface area contributed by atoms with E-state index in [0.717, 1.165) is 51.6 Å². The third-order valence-electron chi connectivity index (χ3n) is 5.16. The van der Waals surface area contributed by atoms with Crippen molar-refractivity contribution in [2.75, 3.05) is 13.1 Å². The van der Waals surface area contributed by atoms with Gasteiger partial charge in [0.15, 0.2) is 0 Å². The van der Waals surface area contributed by atoms with Gasteiger partial charge < -0.3 is 10.6 Å². The molecule has 0 atom stereocenters. The van der Waals surface area contributed by atoms with Crippen LogP contribution in [0.15, 0.2) is 24.3 Å². The van der Waals surface area contributed by atoms with Gasteiger partial charge in [-0.25, -0.2) is 0 Å². The van der Waals surface area contributed by atoms with Crippen LogP contribution in [0.2, 0.25) is 0 Å². The fourth-order valence-corrected chi connectivity index (χ4v) is 3.79. The van der Waals surface area contributed by atoms with Gasteiger partial charge in [-0.05, 0) is 62.1 Å². The van der Waals surface area contributed by atoms with Gasteiger partial charge in [0.25, 0.3) is 0 Å². The minimum absolute atomic E-state index is 0.222. The number of primary amides is 1. The summed E-state index contributed by atoms with van der Waals surface area (Å²) in [6, 6.07) is 7.62. The largest absolute Gasteiger partial charge is 0.366 e. The maximum Gasteiger partial charge on any atom is 0.248 e. The number of carbonyl (C=O) groups is 2. The van der Waals surface area contributed by atoms with Crippen LogP contribution in [0.3, 0.4) is 0 Å². The maximum absolute atomic E-state index is 12.4. The number of likely N-dealkylation sites (tertiary alicyclic amines) is 1. The van der Waals surface area contributed by atoms with E-state index in [1.54, 1.807) is 12.1 Å². The molecular weight excluding hydrogens is 276 g/mol. The highest BCUT2D eigenvalue weighted by molar-refractivity contribution is 5.92. The highest BCUT2D eigenvalue weighted by atomic mass is 16.2. The van der Waals surface area contributed by atoms with Crippen LogP contribution in [-0.2, 0) is 4.79 Å². The number of nitrogens with zero attached hydrogens (tertiary/aromatic N) is 1. The van der Waals surface area contributed by atoms with Gasteiger partial charge in [-0.3, -0.25) is 9.59 Å². The second-order valence-electron chi connectivity index (χ2n) is 6.57. The molecule has 2 fully saturated rings. The number of amides is 2. The Hall–Kier alpha value is -1.84. The van der Waals surface area contributed by atoms with Gasteiger partial charge in [0.05, 0.1) is 0 Å². The highest BCUT2D eigenvalue weighted by Gasteiger charge is 2.30. The summed E-state index contributed by atoms with van der Waals surface area (Å²) in [6.07, 6.45) is 6.40. The van der Waals surface area contributed by atoms with Gasteiger partial charge in [-0.2, -0.15) is 0 Å². The van der Waals surface area contributed by atoms with Crippen molar-refractivity contribution in [3.8, 4) is 0 Å². The van der Waals surface area contributed by atoms with E-state index in [0.29, 0.717) is 17.4 Å². The van der Waals surface area contributed by atoms with E-state index in [4.69, 9.17) is 5.73 Å². The lowest BCUT2D eigenvalue weighted by Gasteiger charge is -2.30. The van der Waals surface area contributed by atoms with Crippen LogP contribution in [0.1, 0.15) is 60.4 Å². The van der Waals surface area contributed by atoms with Gasteiger partial charge >= 0.3 is 0 Å². The van der Waals surface area contributed by atoms with E-state index >= 15 is 0 Å². The number of benzene rings is 1. The summed E-state index contributed by atoms with van der Waals surface area (Å²) in [5, 5.41) is 0. The average molecular weight is 300 g/mol. The van der Waals surface area contributed by atoms with Crippen molar-refractivity contribution in [2.45, 2.75) is 44.4 Å². The van der Waals surface area contributed by atoms with E-state index < -0.39 is 0 Å². The van der Waals surface area contributed by atoms with Crippen molar-refractivity contribution in [1.82, 2.24) is 4.90 Å². The SMILES string of the molecule is NC(=O)c1ccc(C2CCC(C(=O)N3CCCC3)CC2)cc1. The Morgan fingerprint density at radius 2 is 1.55 bits per heavy atom. The Morgan fingerprint density at radius 1 is 0.955 bits per heavy atom. The summed E-state index contributed by atoms with van der Waals surface area (Å²) in [4.78, 5) is 25.6. The van der Waals surface area contributed by atoms with E-state index in [1.807, 2.05) is 17.0 Å². The zero-order chi connectivity index (χ0) is 15.5. The minimum Gasteiger partial charge on any atom is -0.366 e. The summed E-state index contributed by atoms with van der Waals surface area (Å²) >= 11 is 0. The predicted molar refractivity (Wildman–Crippen MR) is 85.5 cm³/mol. The van der Waals surface area contributed by atoms with Crippen molar-refractivity contribution >= 4 is 11.8 Å². The number of hydrogen-bond acceptors (Lipinski definition) is 2. The molecule has 1 aliphatic carbocycles. The zero-order valence-corrected chi connectivity index (χ0v) is 13.0. The monoisotopic (exact) mass is 300 g/mol. The quantitative estimate of drug-likeness (QED) is 0.932. The summed E-state index contributed by atoms with van der Waals surface area (Å²) < 4.78 is 0. The lowest BCUT2D eigenvalue weighted by molar-refractivity contribution is -0.135. The maximum atomic E-state index is 12.4. The normalized spacial score (nSPS) is 25.2. The second-order valence-corrected chi connectivity index (χ2v) is 6.57. The smallest absolute Gasteiger partial charge is 0.248 e. The first-order valence-electron chi connectivity index (χ1n) is 8.33. The van der Waals surface area contributed by atoms with Gasteiger partial charge in [-0.1, -0.05) is 12.1 Å². The molecule has 1 aromatic rings. The van der Waals surface area contributed by atoms with E-state index in [1.165, 1.54) is 5.56 Å². The topological polar surface area (TPSA) is 63.4 Å². The third-order valence-corrected chi connectivity index (χ3v) is 5.16. The average Bonchev–Trinajstić information content (AvgIpc) is 3.09. The fourth-order valence-electron chi connectivity index (χ4n) is 3.79. The van der Waals surface area contributed by atoms with Crippen LogP contribution in [0.25, 0.3) is 0 Å². The first-order chi connectivity index (χ1) is 10.6. The van der Waals surface area contributed by atoms with Gasteiger partial charge in [0.1, 0.15) is 0 Å². The lowest BCUT2D eigenvalue weighted by Crippen LogP contribution is -2.35. The van der Waals surface area contributed by atoms with Crippen LogP contribution in [0.4, 0.5) is 0 Å². The molecule has 1 aromatic carbocycles. The molecule has 0 radical (unpaired) electrons. The highest BCUT2D eigenvalue weighted by Crippen LogP contribution is 2.36. The molecule has 2 aliphatic rings. The van der Waals surface area contributed by atoms with Crippen LogP contribution in [0, 0.1) is 5.92 Å². The predicted octanol–water partition coefficient (Wildman–Crippen LogP) is 2.68. The van der Waals surface area contributed by atoms with E-state index in [9.17, 15) is 9.59 Å². The Bertz CT molecular complexity index is 539. The minimum atomic E-state index is -0.383. The molecule has 4 nitrogen and oxygen atoms in total. The standard InChI is InChI=1S/C18H24N2O2/c19-17(21)15-7-3-13(4-8-15)14-5-9-16(10-6-14)18(22)20-11-1-2-12-20/h3-4,7-8,14,16H,1-2,5-6,9-12H2,(H2,19,21). The summed E-state index contributed by atoms with van der Waals surface area (Å²) in [5.41, 5.74) is 7.09. The Labute approximate surface area is 131 Å². The van der Waals surface area contributed by atoms with Crippen molar-refractivity contribution in [3.63, 3.8) is 0 Å². The molecule has 1 saturated heterocycles. The molecule has 22 heavy (non-hydrogen) atoms. The lowest BCUT2D eigenvalue weighted by atomic mass is 9.78. The molecular formula is C18H24N2O2. The molecule has 2 N–H and O–H groups in total. The molecule has 0 spiro atoms. The molecule has 1 saturated carbocycles. The van der Waals surface area contributed by atoms with Crippen molar-refractivity contribution in [3.05, 3.63) is 35.4 Å². The summed E-state index contributed by atoms with van der Waals surface area (Å²) in [7, 11) is 0. The third kappa shape index (κ3) is 3.16. The number of carbonyl (C=O) groups excluding carboxylic acids is 2. The van der Waals surface area contributed by atoms with Crippen LogP contribution < -0.4 is 5.73 Å². The zero-order valence-electron chi connectivity index (χ0n) is 13.0. The van der Waals surface area contributed by atoms with E-state index in [2.05, 4.69) is 0 Å². The summed E-state index contributed by atoms with van der Waals surface area (Å²) in [5.74, 6) is 0.718. The molecule has 118 valence electrons. The molecule has 3 rings (SSSR count). The number of hydrogen-bond donors (Lipinski definition) is 1. The Kier molecular flexibility index (Phi) is 4.46. The Balaban J connectivity index is 1.57. The van der Waals surface area contributed by atoms with Crippen LogP contribution >= 0.6 is 0 Å². The first kappa shape index (κ1) is 15.1. The molecule has 1 heterocycles. The van der Waals surface area contributed by atoms with Gasteiger partial charge in [0.2, 0.25) is 11.8 Å². The molecule has 0 aromatic heterocycles. The molecule has 4 heteroatoms. The molecule has 2 amide bonds. The fraction of sp³-hybridized carbons (Fsp3) is 0.556. The van der Waals surface area contributed by atoms with Crippen LogP contribution in [0.5, 0.6) is 0 Å². The number of nitrogens with two attached hydrogens (primary N) is 1. The Morgan fingerprint density at radius 3 is 2.09 bits per heavy atom. The molecule has 0 unspecified atom stereocenters.